The quantitative estimate of drug-likeness (QED) is 0.620. The van der Waals surface area contributed by atoms with Crippen molar-refractivity contribution in [3.8, 4) is 6.07 Å². The maximum atomic E-state index is 11.5. The first-order valence-electron chi connectivity index (χ1n) is 5.53. The van der Waals surface area contributed by atoms with Crippen molar-refractivity contribution in [3.05, 3.63) is 0 Å². The summed E-state index contributed by atoms with van der Waals surface area (Å²) in [6, 6.07) is 1.66. The molecular weight excluding hydrogens is 190 g/mol. The Bertz CT molecular complexity index is 222. The first-order chi connectivity index (χ1) is 7.13. The number of nitrogens with one attached hydrogen (secondary N) is 1. The van der Waals surface area contributed by atoms with E-state index in [1.165, 1.54) is 0 Å². The molecule has 2 unspecified atom stereocenters. The molecule has 15 heavy (non-hydrogen) atoms. The Labute approximate surface area is 91.8 Å². The highest BCUT2D eigenvalue weighted by atomic mass is 16.2. The van der Waals surface area contributed by atoms with Crippen LogP contribution in [0.5, 0.6) is 0 Å². The molecule has 0 heterocycles. The fourth-order valence-electron chi connectivity index (χ4n) is 1.17. The van der Waals surface area contributed by atoms with E-state index < -0.39 is 6.04 Å². The molecule has 0 rings (SSSR count). The summed E-state index contributed by atoms with van der Waals surface area (Å²) >= 11 is 0. The molecule has 0 bridgehead atoms. The van der Waals surface area contributed by atoms with Gasteiger partial charge in [-0.3, -0.25) is 4.79 Å². The van der Waals surface area contributed by atoms with E-state index in [9.17, 15) is 4.79 Å². The molecule has 0 aliphatic carbocycles. The van der Waals surface area contributed by atoms with Gasteiger partial charge < -0.3 is 11.1 Å². The maximum Gasteiger partial charge on any atom is 0.237 e. The molecule has 0 aliphatic heterocycles. The van der Waals surface area contributed by atoms with Crippen molar-refractivity contribution in [2.75, 3.05) is 6.54 Å². The molecule has 1 amide bonds. The van der Waals surface area contributed by atoms with Crippen molar-refractivity contribution < 1.29 is 4.79 Å². The molecule has 0 aromatic rings. The van der Waals surface area contributed by atoms with Gasteiger partial charge in [-0.05, 0) is 18.8 Å². The zero-order valence-corrected chi connectivity index (χ0v) is 9.62. The summed E-state index contributed by atoms with van der Waals surface area (Å²) in [6.07, 6.45) is 3.12. The lowest BCUT2D eigenvalue weighted by Gasteiger charge is -2.17. The highest BCUT2D eigenvalue weighted by Crippen LogP contribution is 2.04. The summed E-state index contributed by atoms with van der Waals surface area (Å²) in [5.74, 6) is 0.130. The molecular formula is C11H21N3O. The SMILES string of the molecule is CCC(C)C(N)C(=O)NCCCCC#N. The lowest BCUT2D eigenvalue weighted by molar-refractivity contribution is -0.123. The number of hydrogen-bond donors (Lipinski definition) is 2. The fourth-order valence-corrected chi connectivity index (χ4v) is 1.17. The molecule has 0 spiro atoms. The van der Waals surface area contributed by atoms with Crippen molar-refractivity contribution in [1.29, 1.82) is 5.26 Å². The van der Waals surface area contributed by atoms with E-state index in [1.807, 2.05) is 13.8 Å². The molecule has 0 saturated heterocycles. The second kappa shape index (κ2) is 8.25. The molecule has 3 N–H and O–H groups in total. The van der Waals surface area contributed by atoms with Crippen molar-refractivity contribution in [3.63, 3.8) is 0 Å². The summed E-state index contributed by atoms with van der Waals surface area (Å²) in [7, 11) is 0. The zero-order chi connectivity index (χ0) is 11.7. The van der Waals surface area contributed by atoms with Gasteiger partial charge in [0.05, 0.1) is 12.1 Å². The van der Waals surface area contributed by atoms with Gasteiger partial charge in [-0.25, -0.2) is 0 Å². The normalized spacial score (nSPS) is 14.0. The van der Waals surface area contributed by atoms with Gasteiger partial charge in [0, 0.05) is 13.0 Å². The molecule has 0 saturated carbocycles. The van der Waals surface area contributed by atoms with Crippen molar-refractivity contribution in [2.24, 2.45) is 11.7 Å². The predicted octanol–water partition coefficient (Wildman–Crippen LogP) is 1.17. The van der Waals surface area contributed by atoms with Gasteiger partial charge in [-0.1, -0.05) is 20.3 Å². The molecule has 2 atom stereocenters. The van der Waals surface area contributed by atoms with Crippen molar-refractivity contribution >= 4 is 5.91 Å². The smallest absolute Gasteiger partial charge is 0.237 e. The highest BCUT2D eigenvalue weighted by Gasteiger charge is 2.18. The third-order valence-electron chi connectivity index (χ3n) is 2.57. The third kappa shape index (κ3) is 6.08. The molecule has 4 nitrogen and oxygen atoms in total. The Morgan fingerprint density at radius 2 is 2.20 bits per heavy atom. The number of carbonyl (C=O) groups is 1. The maximum absolute atomic E-state index is 11.5. The van der Waals surface area contributed by atoms with Crippen LogP contribution in [0.1, 0.15) is 39.5 Å². The average Bonchev–Trinajstić information content (AvgIpc) is 2.26. The van der Waals surface area contributed by atoms with Gasteiger partial charge >= 0.3 is 0 Å². The number of carbonyl (C=O) groups excluding carboxylic acids is 1. The van der Waals surface area contributed by atoms with Crippen LogP contribution in [0.25, 0.3) is 0 Å². The van der Waals surface area contributed by atoms with E-state index in [2.05, 4.69) is 11.4 Å². The van der Waals surface area contributed by atoms with Gasteiger partial charge in [0.2, 0.25) is 5.91 Å². The summed E-state index contributed by atoms with van der Waals surface area (Å²) < 4.78 is 0. The van der Waals surface area contributed by atoms with Crippen LogP contribution in [0.2, 0.25) is 0 Å². The van der Waals surface area contributed by atoms with Gasteiger partial charge in [0.15, 0.2) is 0 Å². The number of hydrogen-bond acceptors (Lipinski definition) is 3. The van der Waals surface area contributed by atoms with E-state index in [-0.39, 0.29) is 11.8 Å². The van der Waals surface area contributed by atoms with Gasteiger partial charge in [0.25, 0.3) is 0 Å². The predicted molar refractivity (Wildman–Crippen MR) is 59.9 cm³/mol. The number of amides is 1. The lowest BCUT2D eigenvalue weighted by atomic mass is 9.99. The second-order valence-electron chi connectivity index (χ2n) is 3.82. The third-order valence-corrected chi connectivity index (χ3v) is 2.57. The molecule has 0 fully saturated rings. The molecule has 0 radical (unpaired) electrons. The Morgan fingerprint density at radius 1 is 1.53 bits per heavy atom. The largest absolute Gasteiger partial charge is 0.355 e. The fraction of sp³-hybridized carbons (Fsp3) is 0.818. The molecule has 86 valence electrons. The van der Waals surface area contributed by atoms with Gasteiger partial charge in [-0.2, -0.15) is 5.26 Å². The monoisotopic (exact) mass is 211 g/mol. The molecule has 4 heteroatoms. The van der Waals surface area contributed by atoms with Crippen LogP contribution in [0.15, 0.2) is 0 Å². The minimum Gasteiger partial charge on any atom is -0.355 e. The topological polar surface area (TPSA) is 78.9 Å². The highest BCUT2D eigenvalue weighted by molar-refractivity contribution is 5.81. The number of nitrogens with zero attached hydrogens (tertiary/aromatic N) is 1. The minimum atomic E-state index is -0.411. The van der Waals surface area contributed by atoms with E-state index in [0.717, 1.165) is 19.3 Å². The van der Waals surface area contributed by atoms with Crippen molar-refractivity contribution in [1.82, 2.24) is 5.32 Å². The van der Waals surface area contributed by atoms with Crippen LogP contribution >= 0.6 is 0 Å². The lowest BCUT2D eigenvalue weighted by Crippen LogP contribution is -2.44. The average molecular weight is 211 g/mol. The summed E-state index contributed by atoms with van der Waals surface area (Å²) in [4.78, 5) is 11.5. The number of nitriles is 1. The number of unbranched alkanes of at least 4 members (excludes halogenated alkanes) is 2. The van der Waals surface area contributed by atoms with Crippen molar-refractivity contribution in [2.45, 2.75) is 45.6 Å². The Hall–Kier alpha value is -1.08. The zero-order valence-electron chi connectivity index (χ0n) is 9.62. The van der Waals surface area contributed by atoms with E-state index >= 15 is 0 Å². The van der Waals surface area contributed by atoms with Crippen LogP contribution in [0, 0.1) is 17.2 Å². The van der Waals surface area contributed by atoms with Crippen LogP contribution < -0.4 is 11.1 Å². The first kappa shape index (κ1) is 13.9. The number of nitrogens with two attached hydrogens (primary N) is 1. The van der Waals surface area contributed by atoms with E-state index in [0.29, 0.717) is 13.0 Å². The second-order valence-corrected chi connectivity index (χ2v) is 3.82. The Kier molecular flexibility index (Phi) is 7.65. The summed E-state index contributed by atoms with van der Waals surface area (Å²) in [5.41, 5.74) is 5.75. The van der Waals surface area contributed by atoms with Crippen LogP contribution in [0.3, 0.4) is 0 Å². The Balaban J connectivity index is 3.61. The molecule has 0 aromatic carbocycles. The standard InChI is InChI=1S/C11H21N3O/c1-3-9(2)10(13)11(15)14-8-6-4-5-7-12/h9-10H,3-6,8,13H2,1-2H3,(H,14,15). The van der Waals surface area contributed by atoms with Crippen LogP contribution in [-0.4, -0.2) is 18.5 Å². The van der Waals surface area contributed by atoms with E-state index in [1.54, 1.807) is 0 Å². The summed E-state index contributed by atoms with van der Waals surface area (Å²) in [6.45, 7) is 4.61. The summed E-state index contributed by atoms with van der Waals surface area (Å²) in [5, 5.41) is 11.1. The number of rotatable bonds is 7. The van der Waals surface area contributed by atoms with Crippen LogP contribution in [0.4, 0.5) is 0 Å². The van der Waals surface area contributed by atoms with Crippen LogP contribution in [-0.2, 0) is 4.79 Å². The molecule has 0 aromatic heterocycles. The van der Waals surface area contributed by atoms with Gasteiger partial charge in [0.1, 0.15) is 0 Å². The minimum absolute atomic E-state index is 0.0821. The Morgan fingerprint density at radius 3 is 2.73 bits per heavy atom. The van der Waals surface area contributed by atoms with E-state index in [4.69, 9.17) is 11.0 Å². The molecule has 0 aliphatic rings. The van der Waals surface area contributed by atoms with Gasteiger partial charge in [-0.15, -0.1) is 0 Å². The first-order valence-corrected chi connectivity index (χ1v) is 5.53.